The summed E-state index contributed by atoms with van der Waals surface area (Å²) < 4.78 is 0. The Hall–Kier alpha value is 6.79. The standard InChI is InChI=1S/6BrH.2K.Os.2H/h6*1H;;;;;/q;;;;;;2*+1;;2*-1. The summed E-state index contributed by atoms with van der Waals surface area (Å²) in [6.45, 7) is 0. The van der Waals surface area contributed by atoms with Gasteiger partial charge in [-0.25, -0.2) is 0 Å². The predicted molar refractivity (Wildman–Crippen MR) is 64.2 cm³/mol. The maximum atomic E-state index is 0. The Kier molecular flexibility index (Phi) is 508. The summed E-state index contributed by atoms with van der Waals surface area (Å²) in [5.41, 5.74) is 0. The van der Waals surface area contributed by atoms with E-state index in [0.29, 0.717) is 0 Å². The first-order valence-corrected chi connectivity index (χ1v) is 0. The summed E-state index contributed by atoms with van der Waals surface area (Å²) in [7, 11) is 0. The minimum absolute atomic E-state index is 0. The van der Waals surface area contributed by atoms with Crippen molar-refractivity contribution in [2.24, 2.45) is 0 Å². The van der Waals surface area contributed by atoms with Crippen LogP contribution < -0.4 is 103 Å². The van der Waals surface area contributed by atoms with Gasteiger partial charge in [-0.15, -0.1) is 102 Å². The molecule has 60 valence electrons. The van der Waals surface area contributed by atoms with Gasteiger partial charge in [0.2, 0.25) is 0 Å². The Labute approximate surface area is 220 Å². The van der Waals surface area contributed by atoms with Crippen LogP contribution in [0.1, 0.15) is 2.85 Å². The van der Waals surface area contributed by atoms with E-state index in [0.717, 1.165) is 0 Å². The molecular weight excluding hydrogens is 748 g/mol. The monoisotopic (exact) mass is 751 g/mol. The van der Waals surface area contributed by atoms with Crippen LogP contribution in [-0.4, -0.2) is 0 Å². The SMILES string of the molecule is Br.Br.Br.Br.Br.Br.[H-].[H-].[K+].[K+].[Os]. The first-order valence-electron chi connectivity index (χ1n) is 0. The predicted octanol–water partition coefficient (Wildman–Crippen LogP) is -2.30. The van der Waals surface area contributed by atoms with Crippen LogP contribution in [0.5, 0.6) is 0 Å². The van der Waals surface area contributed by atoms with Gasteiger partial charge in [0, 0.05) is 19.8 Å². The van der Waals surface area contributed by atoms with E-state index in [1.54, 1.807) is 0 Å². The maximum absolute atomic E-state index is 0. The van der Waals surface area contributed by atoms with Crippen molar-refractivity contribution in [3.63, 3.8) is 0 Å². The first kappa shape index (κ1) is 74.9. The second kappa shape index (κ2) is 61.0. The van der Waals surface area contributed by atoms with Gasteiger partial charge < -0.3 is 2.85 Å². The summed E-state index contributed by atoms with van der Waals surface area (Å²) in [6.07, 6.45) is 0. The molecular formula is H8Br6K2Os. The Morgan fingerprint density at radius 3 is 0.444 bits per heavy atom. The molecule has 0 aromatic rings. The zero-order chi connectivity index (χ0) is 0. The van der Waals surface area contributed by atoms with Crippen LogP contribution >= 0.6 is 102 Å². The largest absolute Gasteiger partial charge is 1.00 e. The molecule has 0 aromatic carbocycles. The van der Waals surface area contributed by atoms with Crippen LogP contribution in [0.4, 0.5) is 0 Å². The third kappa shape index (κ3) is 52.5. The molecule has 0 amide bonds. The summed E-state index contributed by atoms with van der Waals surface area (Å²) in [5, 5.41) is 0. The number of hydrogen-bond acceptors (Lipinski definition) is 0. The molecule has 0 aliphatic carbocycles. The van der Waals surface area contributed by atoms with Gasteiger partial charge in [-0.2, -0.15) is 0 Å². The Balaban J connectivity index is 0. The van der Waals surface area contributed by atoms with E-state index in [9.17, 15) is 0 Å². The van der Waals surface area contributed by atoms with Gasteiger partial charge >= 0.3 is 103 Å². The fourth-order valence-electron chi connectivity index (χ4n) is 0. The van der Waals surface area contributed by atoms with Gasteiger partial charge in [0.05, 0.1) is 0 Å². The molecule has 0 saturated heterocycles. The molecule has 9 heteroatoms. The molecule has 0 saturated carbocycles. The van der Waals surface area contributed by atoms with Gasteiger partial charge in [0.1, 0.15) is 0 Å². The molecule has 0 radical (unpaired) electrons. The van der Waals surface area contributed by atoms with Crippen molar-refractivity contribution < 1.29 is 125 Å². The van der Waals surface area contributed by atoms with E-state index in [-0.39, 0.29) is 227 Å². The summed E-state index contributed by atoms with van der Waals surface area (Å²) in [6, 6.07) is 0. The molecule has 0 unspecified atom stereocenters. The number of halogens is 6. The quantitative estimate of drug-likeness (QED) is 0.245. The van der Waals surface area contributed by atoms with Crippen LogP contribution in [0, 0.1) is 0 Å². The number of hydrogen-bond donors (Lipinski definition) is 0. The second-order valence-corrected chi connectivity index (χ2v) is 0. The summed E-state index contributed by atoms with van der Waals surface area (Å²) in [5.74, 6) is 0. The Morgan fingerprint density at radius 2 is 0.444 bits per heavy atom. The average molecular weight is 756 g/mol. The molecule has 0 heterocycles. The van der Waals surface area contributed by atoms with Crippen LogP contribution in [-0.2, 0) is 19.8 Å². The normalized spacial score (nSPS) is 0. The van der Waals surface area contributed by atoms with E-state index in [1.165, 1.54) is 0 Å². The molecule has 0 nitrogen and oxygen atoms in total. The molecule has 0 aliphatic rings. The zero-order valence-electron chi connectivity index (χ0n) is 6.80. The van der Waals surface area contributed by atoms with Crippen molar-refractivity contribution >= 4 is 102 Å². The van der Waals surface area contributed by atoms with Crippen LogP contribution in [0.25, 0.3) is 0 Å². The molecule has 0 spiro atoms. The van der Waals surface area contributed by atoms with Crippen molar-refractivity contribution in [2.45, 2.75) is 0 Å². The Bertz CT molecular complexity index is 18.5. The Morgan fingerprint density at radius 1 is 0.444 bits per heavy atom. The van der Waals surface area contributed by atoms with Gasteiger partial charge in [0.15, 0.2) is 0 Å². The van der Waals surface area contributed by atoms with Gasteiger partial charge in [0.25, 0.3) is 0 Å². The van der Waals surface area contributed by atoms with E-state index in [1.807, 2.05) is 0 Å². The van der Waals surface area contributed by atoms with Gasteiger partial charge in [-0.1, -0.05) is 0 Å². The van der Waals surface area contributed by atoms with E-state index >= 15 is 0 Å². The molecule has 0 fully saturated rings. The summed E-state index contributed by atoms with van der Waals surface area (Å²) in [4.78, 5) is 0. The first-order chi connectivity index (χ1) is 0. The zero-order valence-corrected chi connectivity index (χ0v) is 23.9. The maximum Gasteiger partial charge on any atom is 1.00 e. The van der Waals surface area contributed by atoms with Crippen molar-refractivity contribution in [3.05, 3.63) is 0 Å². The number of rotatable bonds is 0. The fourth-order valence-corrected chi connectivity index (χ4v) is 0. The van der Waals surface area contributed by atoms with Crippen molar-refractivity contribution in [3.8, 4) is 0 Å². The fraction of sp³-hybridized carbons (Fsp3) is 0. The molecule has 0 N–H and O–H groups in total. The van der Waals surface area contributed by atoms with Crippen molar-refractivity contribution in [1.82, 2.24) is 0 Å². The molecule has 9 heavy (non-hydrogen) atoms. The van der Waals surface area contributed by atoms with Gasteiger partial charge in [-0.3, -0.25) is 0 Å². The molecule has 0 aromatic heterocycles. The minimum Gasteiger partial charge on any atom is -1.00 e. The van der Waals surface area contributed by atoms with Crippen LogP contribution in [0.15, 0.2) is 0 Å². The molecule has 0 bridgehead atoms. The minimum atomic E-state index is 0. The van der Waals surface area contributed by atoms with E-state index < -0.39 is 0 Å². The molecule has 0 aliphatic heterocycles. The molecule has 0 rings (SSSR count). The smallest absolute Gasteiger partial charge is 1.00 e. The third-order valence-corrected chi connectivity index (χ3v) is 0. The van der Waals surface area contributed by atoms with E-state index in [2.05, 4.69) is 0 Å². The van der Waals surface area contributed by atoms with Crippen molar-refractivity contribution in [2.75, 3.05) is 0 Å². The van der Waals surface area contributed by atoms with Crippen LogP contribution in [0.3, 0.4) is 0 Å². The average Bonchev–Trinajstić information content (AvgIpc) is 0. The van der Waals surface area contributed by atoms with Crippen LogP contribution in [0.2, 0.25) is 0 Å². The molecule has 0 atom stereocenters. The second-order valence-electron chi connectivity index (χ2n) is 0. The summed E-state index contributed by atoms with van der Waals surface area (Å²) >= 11 is 0. The van der Waals surface area contributed by atoms with Crippen molar-refractivity contribution in [1.29, 1.82) is 0 Å². The topological polar surface area (TPSA) is 0 Å². The van der Waals surface area contributed by atoms with E-state index in [4.69, 9.17) is 0 Å². The van der Waals surface area contributed by atoms with Gasteiger partial charge in [-0.05, 0) is 0 Å². The third-order valence-electron chi connectivity index (χ3n) is 0.